The molecule has 2 N–H and O–H groups in total. The van der Waals surface area contributed by atoms with E-state index >= 15 is 0 Å². The van der Waals surface area contributed by atoms with E-state index in [1.165, 1.54) is 25.0 Å². The van der Waals surface area contributed by atoms with Gasteiger partial charge in [-0.3, -0.25) is 28.8 Å². The third-order valence-corrected chi connectivity index (χ3v) is 25.0. The fraction of sp³-hybridized carbons (Fsp3) is 0.375. The summed E-state index contributed by atoms with van der Waals surface area (Å²) >= 11 is 9.54. The van der Waals surface area contributed by atoms with E-state index in [2.05, 4.69) is 268 Å². The molecular weight excluding hydrogens is 2280 g/mol. The Balaban J connectivity index is 0.000000267. The van der Waals surface area contributed by atoms with Crippen molar-refractivity contribution < 1.29 is 51.5 Å². The van der Waals surface area contributed by atoms with Crippen LogP contribution in [-0.4, -0.2) is 86.6 Å². The number of para-hydroxylation sites is 4. The van der Waals surface area contributed by atoms with Crippen LogP contribution in [0, 0.1) is 13.8 Å². The van der Waals surface area contributed by atoms with Crippen LogP contribution in [0.2, 0.25) is 0 Å². The van der Waals surface area contributed by atoms with Gasteiger partial charge in [-0.05, 0) is 183 Å². The van der Waals surface area contributed by atoms with Gasteiger partial charge in [0.1, 0.15) is 35.5 Å². The molecule has 0 aliphatic carbocycles. The number of imidazole rings is 4. The molecule has 0 aliphatic heterocycles. The van der Waals surface area contributed by atoms with E-state index in [0.29, 0.717) is 87.4 Å². The van der Waals surface area contributed by atoms with Crippen molar-refractivity contribution in [2.45, 2.75) is 248 Å². The first-order chi connectivity index (χ1) is 65.7. The van der Waals surface area contributed by atoms with Gasteiger partial charge in [0.2, 0.25) is 0 Å². The van der Waals surface area contributed by atoms with E-state index in [1.807, 2.05) is 109 Å². The number of carbonyl (C=O) groups is 6. The van der Waals surface area contributed by atoms with Gasteiger partial charge in [-0.2, -0.15) is 0 Å². The molecule has 2 atom stereocenters. The predicted octanol–water partition coefficient (Wildman–Crippen LogP) is 27.2. The van der Waals surface area contributed by atoms with E-state index in [1.54, 1.807) is 0 Å². The summed E-state index contributed by atoms with van der Waals surface area (Å²) < 4.78 is 20.3. The van der Waals surface area contributed by atoms with Crippen LogP contribution < -0.4 is 23.9 Å². The van der Waals surface area contributed by atoms with Crippen LogP contribution in [0.15, 0.2) is 218 Å². The molecule has 10 aromatic carbocycles. The van der Waals surface area contributed by atoms with Crippen LogP contribution in [-0.2, 0) is 59.1 Å². The quantitative estimate of drug-likeness (QED) is 0.0158. The second-order valence-corrected chi connectivity index (χ2v) is 51.3. The molecule has 4 aromatic heterocycles. The molecule has 0 aliphatic rings. The normalized spacial score (nSPS) is 11.6. The molecule has 0 radical (unpaired) electrons. The van der Waals surface area contributed by atoms with E-state index in [0.717, 1.165) is 264 Å². The summed E-state index contributed by atoms with van der Waals surface area (Å²) in [6.45, 7) is 18.4. The van der Waals surface area contributed by atoms with Crippen molar-refractivity contribution in [1.82, 2.24) is 48.8 Å². The fourth-order valence-electron chi connectivity index (χ4n) is 18.2. The Kier molecular flexibility index (Phi) is 45.9. The summed E-state index contributed by atoms with van der Waals surface area (Å²) in [7, 11) is 4.16. The van der Waals surface area contributed by atoms with Gasteiger partial charge in [0.05, 0.1) is 44.1 Å². The molecule has 2 unspecified atom stereocenters. The second-order valence-electron chi connectivity index (χ2n) is 35.0. The molecule has 14 rings (SSSR count). The zero-order valence-corrected chi connectivity index (χ0v) is 91.9. The zero-order chi connectivity index (χ0) is 96.1. The average Bonchev–Trinajstić information content (AvgIpc) is 1.61. The number of nitrogens with zero attached hydrogens (tertiary/aromatic N) is 8. The van der Waals surface area contributed by atoms with Gasteiger partial charge in [0.15, 0.2) is 11.6 Å². The third kappa shape index (κ3) is 30.1. The van der Waals surface area contributed by atoms with E-state index in [-0.39, 0.29) is 59.9 Å². The number of benzene rings is 10. The van der Waals surface area contributed by atoms with Gasteiger partial charge in [0, 0.05) is 162 Å². The van der Waals surface area contributed by atoms with Crippen LogP contribution in [0.5, 0.6) is 0 Å². The topological polar surface area (TPSA) is 216 Å². The summed E-state index contributed by atoms with van der Waals surface area (Å²) in [5.74, 6) is 3.52. The summed E-state index contributed by atoms with van der Waals surface area (Å²) in [5, 5.41) is 6.34. The van der Waals surface area contributed by atoms with Gasteiger partial charge < -0.3 is 38.4 Å². The number of ether oxygens (including phenoxy) is 2. The number of nitrogens with one attached hydrogen (secondary N) is 2. The van der Waals surface area contributed by atoms with Crippen molar-refractivity contribution in [1.29, 1.82) is 0 Å². The standard InChI is InChI=1S/2C56H65N5O4.ClH.I3.I2/c2*1-6-8-30-52(65-40(4)62)46-25-17-16-24-45(46)51(63)29-14-12-10-9-11-13-21-35-57-56(64)47-26-18-15-23-44(47)42-33-31-41(32-34-42)38-61-50-37-43(36-39(3)54(50)59-53(61)22-7-2)55-58-48-27-19-20-28-49(48)60(55)5;;1-3-2;1-2/h2*15-20,23-28,31-34,36-37,52H,6-14,21-22,29-30,35,38H2,1-5H3,(H,57,64);1H;;/q;;;-1;. The van der Waals surface area contributed by atoms with Crippen LogP contribution in [0.4, 0.5) is 0 Å². The Morgan fingerprint density at radius 2 is 0.713 bits per heavy atom. The number of ketones is 2. The number of aryl methyl sites for hydroxylation is 6. The number of amides is 2. The van der Waals surface area contributed by atoms with Crippen LogP contribution in [0.25, 0.3) is 89.2 Å². The summed E-state index contributed by atoms with van der Waals surface area (Å²) in [5.41, 5.74) is 23.4. The minimum atomic E-state index is -0.383. The van der Waals surface area contributed by atoms with Gasteiger partial charge in [-0.25, -0.2) is 19.9 Å². The minimum absolute atomic E-state index is 0. The first kappa shape index (κ1) is 109. The van der Waals surface area contributed by atoms with Gasteiger partial charge in [0.25, 0.3) is 11.8 Å². The molecule has 0 spiro atoms. The maximum atomic E-state index is 13.5. The number of esters is 2. The molecule has 136 heavy (non-hydrogen) atoms. The molecule has 14 aromatic rings. The van der Waals surface area contributed by atoms with Gasteiger partial charge >= 0.3 is 62.4 Å². The molecule has 18 nitrogen and oxygen atoms in total. The van der Waals surface area contributed by atoms with Crippen molar-refractivity contribution >= 4 is 166 Å². The van der Waals surface area contributed by atoms with Crippen molar-refractivity contribution in [2.75, 3.05) is 13.1 Å². The number of unbranched alkanes of at least 4 members (excludes halogenated alkanes) is 14. The van der Waals surface area contributed by atoms with Gasteiger partial charge in [-0.1, -0.05) is 262 Å². The molecule has 2 amide bonds. The monoisotopic (exact) mass is 2410 g/mol. The Labute approximate surface area is 863 Å². The average molecular weight is 2420 g/mol. The molecule has 4 heterocycles. The van der Waals surface area contributed by atoms with Crippen LogP contribution in [0.3, 0.4) is 0 Å². The Hall–Kier alpha value is -8.76. The number of aromatic nitrogens is 8. The number of fused-ring (bicyclic) bond motifs is 4. The van der Waals surface area contributed by atoms with Crippen molar-refractivity contribution in [2.24, 2.45) is 14.1 Å². The zero-order valence-electron chi connectivity index (χ0n) is 80.3. The first-order valence-corrected chi connectivity index (χ1v) is 67.0. The second kappa shape index (κ2) is 57.1. The Morgan fingerprint density at radius 3 is 1.07 bits per heavy atom. The molecule has 0 fully saturated rings. The number of hydrogen-bond acceptors (Lipinski definition) is 12. The van der Waals surface area contributed by atoms with E-state index in [9.17, 15) is 28.8 Å². The molecule has 720 valence electrons. The molecule has 0 saturated carbocycles. The summed E-state index contributed by atoms with van der Waals surface area (Å²) in [4.78, 5) is 97.4. The van der Waals surface area contributed by atoms with Crippen molar-refractivity contribution in [3.05, 3.63) is 286 Å². The van der Waals surface area contributed by atoms with E-state index in [4.69, 9.17) is 29.4 Å². The van der Waals surface area contributed by atoms with Crippen molar-refractivity contribution in [3.63, 3.8) is 0 Å². The first-order valence-electron chi connectivity index (χ1n) is 48.1. The van der Waals surface area contributed by atoms with Crippen LogP contribution in [0.1, 0.15) is 294 Å². The Bertz CT molecular complexity index is 5890. The Morgan fingerprint density at radius 1 is 0.382 bits per heavy atom. The number of rotatable bonds is 46. The molecule has 0 bridgehead atoms. The number of carbonyl (C=O) groups excluding carboxylic acids is 6. The van der Waals surface area contributed by atoms with E-state index < -0.39 is 0 Å². The third-order valence-electron chi connectivity index (χ3n) is 25.0. The summed E-state index contributed by atoms with van der Waals surface area (Å²) in [6, 6.07) is 73.5. The number of hydrogen-bond donors (Lipinski definition) is 2. The molecular formula is C112H131ClI5N10O8-. The van der Waals surface area contributed by atoms with Crippen molar-refractivity contribution in [3.8, 4) is 45.0 Å². The predicted molar refractivity (Wildman–Crippen MR) is 590 cm³/mol. The SMILES string of the molecule is CCCCC(OC(C)=O)c1ccccc1C(=O)CCCCCCCCCNC(=O)c1ccccc1-c1ccc(Cn2c(CCC)nc3c(C)cc(-c4nc5ccccc5n4C)cc32)cc1.CCCCC(OC(C)=O)c1ccccc1C(=O)CCCCCCCCCNC(=O)c1ccccc1-c1ccc(Cn2c(CCC)nc3c(C)cc(-c4nc5ccccc5n4C)cc32)cc1.Cl.II.I[I-]I. The van der Waals surface area contributed by atoms with Crippen LogP contribution >= 0.6 is 86.9 Å². The molecule has 24 heteroatoms. The summed E-state index contributed by atoms with van der Waals surface area (Å²) in [6.07, 6.45) is 23.4. The fourth-order valence-corrected chi connectivity index (χ4v) is 18.2. The van der Waals surface area contributed by atoms with Gasteiger partial charge in [-0.15, -0.1) is 12.4 Å². The maximum absolute atomic E-state index is 13.5. The molecule has 0 saturated heterocycles. The number of halogens is 6. The number of Topliss-reactive ketones (excluding diaryl/α,β-unsaturated/α-hetero) is 2.